The van der Waals surface area contributed by atoms with E-state index >= 15 is 0 Å². The molecule has 2 atom stereocenters. The van der Waals surface area contributed by atoms with Gasteiger partial charge in [0.2, 0.25) is 0 Å². The molecule has 1 aromatic carbocycles. The van der Waals surface area contributed by atoms with Crippen molar-refractivity contribution in [2.75, 3.05) is 0 Å². The van der Waals surface area contributed by atoms with Gasteiger partial charge in [-0.3, -0.25) is 4.21 Å². The summed E-state index contributed by atoms with van der Waals surface area (Å²) >= 11 is -2.15. The zero-order chi connectivity index (χ0) is 14.9. The molecule has 7 heteroatoms. The molecular formula is C13H15N2O4S-. The summed E-state index contributed by atoms with van der Waals surface area (Å²) in [5, 5.41) is 9.18. The number of rotatable bonds is 5. The second-order valence-electron chi connectivity index (χ2n) is 4.54. The Morgan fingerprint density at radius 1 is 1.55 bits per heavy atom. The first-order chi connectivity index (χ1) is 9.43. The fourth-order valence-electron chi connectivity index (χ4n) is 2.21. The summed E-state index contributed by atoms with van der Waals surface area (Å²) in [6.45, 7) is 3.50. The Hall–Kier alpha value is -1.73. The van der Waals surface area contributed by atoms with Crippen LogP contribution in [-0.2, 0) is 28.0 Å². The Morgan fingerprint density at radius 3 is 2.80 bits per heavy atom. The number of aryl methyl sites for hydroxylation is 1. The molecule has 1 N–H and O–H groups in total. The lowest BCUT2D eigenvalue weighted by Gasteiger charge is -2.13. The van der Waals surface area contributed by atoms with Crippen LogP contribution >= 0.6 is 0 Å². The fraction of sp³-hybridized carbons (Fsp3) is 0.385. The second-order valence-corrected chi connectivity index (χ2v) is 5.43. The molecule has 2 aromatic rings. The molecule has 0 saturated carbocycles. The van der Waals surface area contributed by atoms with Crippen LogP contribution in [0.1, 0.15) is 31.3 Å². The molecule has 1 aromatic heterocycles. The van der Waals surface area contributed by atoms with Gasteiger partial charge in [0.25, 0.3) is 0 Å². The maximum absolute atomic E-state index is 11.2. The number of hydrogen-bond donors (Lipinski definition) is 1. The van der Waals surface area contributed by atoms with E-state index in [9.17, 15) is 18.7 Å². The van der Waals surface area contributed by atoms with Crippen LogP contribution in [0.3, 0.4) is 0 Å². The number of aliphatic carboxylic acids is 1. The molecule has 0 saturated heterocycles. The SMILES string of the molecule is CCc1nc2cc(CS(=O)[O-])ccc2n1C(C)C(=O)O. The Labute approximate surface area is 118 Å². The third-order valence-corrected chi connectivity index (χ3v) is 3.74. The molecule has 108 valence electrons. The fourth-order valence-corrected chi connectivity index (χ4v) is 2.66. The van der Waals surface area contributed by atoms with E-state index < -0.39 is 23.1 Å². The number of nitrogens with zero attached hydrogens (tertiary/aromatic N) is 2. The van der Waals surface area contributed by atoms with E-state index in [0.29, 0.717) is 28.8 Å². The van der Waals surface area contributed by atoms with Crippen molar-refractivity contribution in [3.05, 3.63) is 29.6 Å². The number of carboxylic acid groups (broad SMARTS) is 1. The van der Waals surface area contributed by atoms with Crippen LogP contribution in [0.25, 0.3) is 11.0 Å². The van der Waals surface area contributed by atoms with E-state index in [1.54, 1.807) is 29.7 Å². The minimum absolute atomic E-state index is 0.0707. The molecule has 0 aliphatic carbocycles. The van der Waals surface area contributed by atoms with Gasteiger partial charge < -0.3 is 14.2 Å². The van der Waals surface area contributed by atoms with Crippen molar-refractivity contribution < 1.29 is 18.7 Å². The molecule has 0 fully saturated rings. The maximum atomic E-state index is 11.2. The highest BCUT2D eigenvalue weighted by atomic mass is 32.2. The summed E-state index contributed by atoms with van der Waals surface area (Å²) in [4.78, 5) is 15.6. The van der Waals surface area contributed by atoms with Gasteiger partial charge in [-0.2, -0.15) is 0 Å². The quantitative estimate of drug-likeness (QED) is 0.846. The van der Waals surface area contributed by atoms with E-state index in [4.69, 9.17) is 0 Å². The normalized spacial score (nSPS) is 14.3. The number of imidazole rings is 1. The number of fused-ring (bicyclic) bond motifs is 1. The van der Waals surface area contributed by atoms with Crippen molar-refractivity contribution in [2.45, 2.75) is 32.1 Å². The molecule has 0 bridgehead atoms. The number of hydrogen-bond acceptors (Lipinski definition) is 4. The van der Waals surface area contributed by atoms with Gasteiger partial charge in [-0.15, -0.1) is 0 Å². The lowest BCUT2D eigenvalue weighted by atomic mass is 10.2. The Morgan fingerprint density at radius 2 is 2.25 bits per heavy atom. The lowest BCUT2D eigenvalue weighted by molar-refractivity contribution is -0.140. The van der Waals surface area contributed by atoms with Crippen LogP contribution in [0, 0.1) is 0 Å². The topological polar surface area (TPSA) is 95.2 Å². The number of aromatic nitrogens is 2. The number of benzene rings is 1. The van der Waals surface area contributed by atoms with Gasteiger partial charge in [0, 0.05) is 12.2 Å². The van der Waals surface area contributed by atoms with Crippen molar-refractivity contribution in [2.24, 2.45) is 0 Å². The van der Waals surface area contributed by atoms with E-state index in [2.05, 4.69) is 4.98 Å². The molecular weight excluding hydrogens is 280 g/mol. The molecule has 2 unspecified atom stereocenters. The monoisotopic (exact) mass is 295 g/mol. The van der Waals surface area contributed by atoms with Gasteiger partial charge in [0.15, 0.2) is 0 Å². The highest BCUT2D eigenvalue weighted by Gasteiger charge is 2.20. The van der Waals surface area contributed by atoms with Crippen LogP contribution in [0.2, 0.25) is 0 Å². The third-order valence-electron chi connectivity index (χ3n) is 3.17. The van der Waals surface area contributed by atoms with Gasteiger partial charge in [0.05, 0.1) is 11.0 Å². The number of carbonyl (C=O) groups is 1. The van der Waals surface area contributed by atoms with Crippen LogP contribution in [0.4, 0.5) is 0 Å². The van der Waals surface area contributed by atoms with Crippen LogP contribution in [-0.4, -0.2) is 29.4 Å². The molecule has 2 rings (SSSR count). The van der Waals surface area contributed by atoms with E-state index in [1.165, 1.54) is 0 Å². The summed E-state index contributed by atoms with van der Waals surface area (Å²) in [5.74, 6) is -0.322. The highest BCUT2D eigenvalue weighted by molar-refractivity contribution is 7.78. The molecule has 6 nitrogen and oxygen atoms in total. The largest absolute Gasteiger partial charge is 0.772 e. The van der Waals surface area contributed by atoms with Gasteiger partial charge >= 0.3 is 5.97 Å². The zero-order valence-corrected chi connectivity index (χ0v) is 12.0. The van der Waals surface area contributed by atoms with E-state index in [1.807, 2.05) is 6.92 Å². The molecule has 0 aliphatic heterocycles. The second kappa shape index (κ2) is 5.72. The van der Waals surface area contributed by atoms with Gasteiger partial charge in [-0.25, -0.2) is 9.78 Å². The Balaban J connectivity index is 2.57. The lowest BCUT2D eigenvalue weighted by Crippen LogP contribution is -2.17. The van der Waals surface area contributed by atoms with Crippen molar-refractivity contribution in [3.8, 4) is 0 Å². The van der Waals surface area contributed by atoms with Crippen molar-refractivity contribution in [3.63, 3.8) is 0 Å². The molecule has 0 spiro atoms. The standard InChI is InChI=1S/C13H16N2O4S/c1-3-12-14-10-6-9(7-20(18)19)4-5-11(10)15(12)8(2)13(16)17/h4-6,8H,3,7H2,1-2H3,(H,16,17)(H,18,19)/p-1. The summed E-state index contributed by atoms with van der Waals surface area (Å²) < 4.78 is 23.1. The molecule has 1 heterocycles. The average Bonchev–Trinajstić information content (AvgIpc) is 2.74. The van der Waals surface area contributed by atoms with Crippen LogP contribution in [0.5, 0.6) is 0 Å². The number of carboxylic acids is 1. The maximum Gasteiger partial charge on any atom is 0.326 e. The van der Waals surface area contributed by atoms with Crippen LogP contribution in [0.15, 0.2) is 18.2 Å². The minimum Gasteiger partial charge on any atom is -0.772 e. The highest BCUT2D eigenvalue weighted by Crippen LogP contribution is 2.23. The first-order valence-corrected chi connectivity index (χ1v) is 7.46. The molecule has 0 aliphatic rings. The van der Waals surface area contributed by atoms with E-state index in [-0.39, 0.29) is 5.75 Å². The van der Waals surface area contributed by atoms with Crippen molar-refractivity contribution >= 4 is 28.1 Å². The zero-order valence-electron chi connectivity index (χ0n) is 11.2. The summed E-state index contributed by atoms with van der Waals surface area (Å²) in [5.41, 5.74) is 1.97. The van der Waals surface area contributed by atoms with Crippen molar-refractivity contribution in [1.82, 2.24) is 9.55 Å². The first-order valence-electron chi connectivity index (χ1n) is 6.22. The smallest absolute Gasteiger partial charge is 0.326 e. The van der Waals surface area contributed by atoms with E-state index in [0.717, 1.165) is 0 Å². The predicted molar refractivity (Wildman–Crippen MR) is 74.1 cm³/mol. The summed E-state index contributed by atoms with van der Waals surface area (Å²) in [6, 6.07) is 4.39. The average molecular weight is 295 g/mol. The van der Waals surface area contributed by atoms with Crippen LogP contribution < -0.4 is 0 Å². The van der Waals surface area contributed by atoms with Gasteiger partial charge in [0.1, 0.15) is 11.9 Å². The summed E-state index contributed by atoms with van der Waals surface area (Å²) in [6.07, 6.45) is 0.606. The third kappa shape index (κ3) is 2.73. The molecule has 0 radical (unpaired) electrons. The Bertz CT molecular complexity index is 680. The molecule has 20 heavy (non-hydrogen) atoms. The molecule has 0 amide bonds. The summed E-state index contributed by atoms with van der Waals surface area (Å²) in [7, 11) is 0. The Kier molecular flexibility index (Phi) is 4.20. The predicted octanol–water partition coefficient (Wildman–Crippen LogP) is 1.62. The van der Waals surface area contributed by atoms with Crippen molar-refractivity contribution in [1.29, 1.82) is 0 Å². The van der Waals surface area contributed by atoms with Gasteiger partial charge in [-0.05, 0) is 24.6 Å². The minimum atomic E-state index is -2.15. The first kappa shape index (κ1) is 14.7. The van der Waals surface area contributed by atoms with Gasteiger partial charge in [-0.1, -0.05) is 24.1 Å².